The van der Waals surface area contributed by atoms with Gasteiger partial charge in [-0.15, -0.1) is 0 Å². The van der Waals surface area contributed by atoms with Gasteiger partial charge in [0.2, 0.25) is 5.91 Å². The first kappa shape index (κ1) is 19.1. The van der Waals surface area contributed by atoms with Crippen LogP contribution in [-0.4, -0.2) is 57.1 Å². The number of hydrogen-bond acceptors (Lipinski definition) is 4. The van der Waals surface area contributed by atoms with Crippen molar-refractivity contribution in [2.45, 2.75) is 46.1 Å². The van der Waals surface area contributed by atoms with Crippen LogP contribution in [0, 0.1) is 11.3 Å². The van der Waals surface area contributed by atoms with Crippen molar-refractivity contribution in [3.05, 3.63) is 47.5 Å². The number of aromatic amines is 1. The van der Waals surface area contributed by atoms with E-state index in [0.29, 0.717) is 5.92 Å². The van der Waals surface area contributed by atoms with Crippen LogP contribution in [0.1, 0.15) is 56.7 Å². The van der Waals surface area contributed by atoms with E-state index in [9.17, 15) is 4.79 Å². The molecule has 1 aromatic heterocycles. The van der Waals surface area contributed by atoms with Gasteiger partial charge in [-0.2, -0.15) is 5.10 Å². The molecule has 1 atom stereocenters. The summed E-state index contributed by atoms with van der Waals surface area (Å²) >= 11 is 0. The lowest BCUT2D eigenvalue weighted by Gasteiger charge is -2.51. The van der Waals surface area contributed by atoms with Crippen molar-refractivity contribution < 1.29 is 4.79 Å². The second-order valence-corrected chi connectivity index (χ2v) is 9.15. The molecule has 28 heavy (non-hydrogen) atoms. The summed E-state index contributed by atoms with van der Waals surface area (Å²) in [6.07, 6.45) is 0. The molecule has 1 unspecified atom stereocenters. The van der Waals surface area contributed by atoms with Gasteiger partial charge in [-0.1, -0.05) is 58.0 Å². The number of benzene rings is 1. The number of nitrogens with zero attached hydrogens (tertiary/aromatic N) is 4. The third-order valence-electron chi connectivity index (χ3n) is 6.15. The van der Waals surface area contributed by atoms with Crippen molar-refractivity contribution in [2.24, 2.45) is 11.3 Å². The molecule has 0 aliphatic carbocycles. The fourth-order valence-electron chi connectivity index (χ4n) is 4.67. The molecule has 2 aromatic rings. The molecule has 6 nitrogen and oxygen atoms in total. The zero-order valence-corrected chi connectivity index (χ0v) is 17.4. The minimum Gasteiger partial charge on any atom is -0.341 e. The first-order chi connectivity index (χ1) is 13.4. The van der Waals surface area contributed by atoms with Crippen molar-refractivity contribution in [1.82, 2.24) is 25.0 Å². The van der Waals surface area contributed by atoms with E-state index >= 15 is 0 Å². The second-order valence-electron chi connectivity index (χ2n) is 9.15. The normalized spacial score (nSPS) is 21.6. The maximum atomic E-state index is 12.5. The van der Waals surface area contributed by atoms with E-state index in [1.165, 1.54) is 5.56 Å². The molecule has 0 bridgehead atoms. The standard InChI is InChI=1S/C22H31N5O/c1-15(2)19-23-20(25-24-19)18-11-26(10-17-8-6-5-7-9-17)12-22(18)13-27(14-22)21(28)16(3)4/h5-9,15-16,18H,10-14H2,1-4H3,(H,23,24,25). The van der Waals surface area contributed by atoms with Gasteiger partial charge in [-0.05, 0) is 5.56 Å². The molecular weight excluding hydrogens is 350 g/mol. The summed E-state index contributed by atoms with van der Waals surface area (Å²) in [5.74, 6) is 2.76. The van der Waals surface area contributed by atoms with E-state index < -0.39 is 0 Å². The monoisotopic (exact) mass is 381 g/mol. The quantitative estimate of drug-likeness (QED) is 0.865. The van der Waals surface area contributed by atoms with E-state index in [1.807, 2.05) is 18.7 Å². The molecule has 2 aliphatic heterocycles. The Hall–Kier alpha value is -2.21. The average molecular weight is 382 g/mol. The van der Waals surface area contributed by atoms with Gasteiger partial charge in [-0.3, -0.25) is 14.8 Å². The Labute approximate surface area is 167 Å². The topological polar surface area (TPSA) is 65.1 Å². The second kappa shape index (κ2) is 7.32. The lowest BCUT2D eigenvalue weighted by Crippen LogP contribution is -2.62. The van der Waals surface area contributed by atoms with E-state index in [0.717, 1.165) is 44.4 Å². The smallest absolute Gasteiger partial charge is 0.225 e. The van der Waals surface area contributed by atoms with Gasteiger partial charge in [0.1, 0.15) is 5.82 Å². The van der Waals surface area contributed by atoms with E-state index in [2.05, 4.69) is 59.3 Å². The van der Waals surface area contributed by atoms with Crippen LogP contribution in [0.4, 0.5) is 0 Å². The van der Waals surface area contributed by atoms with Crippen LogP contribution < -0.4 is 0 Å². The van der Waals surface area contributed by atoms with Crippen LogP contribution in [0.25, 0.3) is 0 Å². The van der Waals surface area contributed by atoms with Crippen LogP contribution in [-0.2, 0) is 11.3 Å². The summed E-state index contributed by atoms with van der Waals surface area (Å²) in [6, 6.07) is 10.6. The summed E-state index contributed by atoms with van der Waals surface area (Å²) < 4.78 is 0. The first-order valence-corrected chi connectivity index (χ1v) is 10.4. The van der Waals surface area contributed by atoms with Crippen molar-refractivity contribution >= 4 is 5.91 Å². The zero-order chi connectivity index (χ0) is 19.9. The Morgan fingerprint density at radius 2 is 1.89 bits per heavy atom. The number of carbonyl (C=O) groups is 1. The third kappa shape index (κ3) is 3.46. The fraction of sp³-hybridized carbons (Fsp3) is 0.591. The van der Waals surface area contributed by atoms with Crippen molar-refractivity contribution in [2.75, 3.05) is 26.2 Å². The van der Waals surface area contributed by atoms with Crippen molar-refractivity contribution in [3.8, 4) is 0 Å². The van der Waals surface area contributed by atoms with E-state index in [-0.39, 0.29) is 23.2 Å². The summed E-state index contributed by atoms with van der Waals surface area (Å²) in [7, 11) is 0. The number of likely N-dealkylation sites (tertiary alicyclic amines) is 2. The Balaban J connectivity index is 1.55. The Bertz CT molecular complexity index is 822. The van der Waals surface area contributed by atoms with E-state index in [1.54, 1.807) is 0 Å². The predicted octanol–water partition coefficient (Wildman–Crippen LogP) is 3.01. The van der Waals surface area contributed by atoms with Crippen LogP contribution in [0.2, 0.25) is 0 Å². The number of carbonyl (C=O) groups excluding carboxylic acids is 1. The van der Waals surface area contributed by atoms with Gasteiger partial charge in [0.25, 0.3) is 0 Å². The number of H-pyrrole nitrogens is 1. The van der Waals surface area contributed by atoms with Gasteiger partial charge in [-0.25, -0.2) is 4.98 Å². The molecular formula is C22H31N5O. The lowest BCUT2D eigenvalue weighted by atomic mass is 9.71. The summed E-state index contributed by atoms with van der Waals surface area (Å²) in [6.45, 7) is 12.7. The highest BCUT2D eigenvalue weighted by atomic mass is 16.2. The Morgan fingerprint density at radius 3 is 2.50 bits per heavy atom. The Kier molecular flexibility index (Phi) is 5.00. The van der Waals surface area contributed by atoms with Gasteiger partial charge in [0.05, 0.1) is 0 Å². The zero-order valence-electron chi connectivity index (χ0n) is 17.4. The van der Waals surface area contributed by atoms with Gasteiger partial charge < -0.3 is 4.90 Å². The van der Waals surface area contributed by atoms with Crippen molar-refractivity contribution in [3.63, 3.8) is 0 Å². The first-order valence-electron chi connectivity index (χ1n) is 10.4. The largest absolute Gasteiger partial charge is 0.341 e. The molecule has 3 heterocycles. The molecule has 1 amide bonds. The molecule has 0 saturated carbocycles. The minimum absolute atomic E-state index is 0.0513. The maximum Gasteiger partial charge on any atom is 0.225 e. The van der Waals surface area contributed by atoms with Crippen LogP contribution in [0.5, 0.6) is 0 Å². The average Bonchev–Trinajstić information content (AvgIpc) is 3.25. The molecule has 0 radical (unpaired) electrons. The molecule has 1 aromatic carbocycles. The molecule has 6 heteroatoms. The van der Waals surface area contributed by atoms with Crippen LogP contribution in [0.3, 0.4) is 0 Å². The molecule has 4 rings (SSSR count). The summed E-state index contributed by atoms with van der Waals surface area (Å²) in [4.78, 5) is 21.8. The summed E-state index contributed by atoms with van der Waals surface area (Å²) in [5.41, 5.74) is 1.40. The van der Waals surface area contributed by atoms with Gasteiger partial charge in [0.15, 0.2) is 5.82 Å². The van der Waals surface area contributed by atoms with Crippen LogP contribution in [0.15, 0.2) is 30.3 Å². The highest BCUT2D eigenvalue weighted by molar-refractivity contribution is 5.79. The SMILES string of the molecule is CC(C)C(=O)N1CC2(CN(Cc3ccccc3)CC2c2nc(C(C)C)n[nH]2)C1. The molecule has 2 fully saturated rings. The molecule has 150 valence electrons. The lowest BCUT2D eigenvalue weighted by molar-refractivity contribution is -0.147. The molecule has 1 spiro atoms. The van der Waals surface area contributed by atoms with Gasteiger partial charge in [0, 0.05) is 55.9 Å². The number of nitrogens with one attached hydrogen (secondary N) is 1. The van der Waals surface area contributed by atoms with Gasteiger partial charge >= 0.3 is 0 Å². The predicted molar refractivity (Wildman–Crippen MR) is 109 cm³/mol. The highest BCUT2D eigenvalue weighted by Crippen LogP contribution is 2.49. The Morgan fingerprint density at radius 1 is 1.18 bits per heavy atom. The number of rotatable bonds is 5. The summed E-state index contributed by atoms with van der Waals surface area (Å²) in [5, 5.41) is 7.65. The maximum absolute atomic E-state index is 12.5. The number of amides is 1. The van der Waals surface area contributed by atoms with Crippen LogP contribution >= 0.6 is 0 Å². The molecule has 1 N–H and O–H groups in total. The van der Waals surface area contributed by atoms with Crippen molar-refractivity contribution in [1.29, 1.82) is 0 Å². The number of aromatic nitrogens is 3. The number of hydrogen-bond donors (Lipinski definition) is 1. The third-order valence-corrected chi connectivity index (χ3v) is 6.15. The minimum atomic E-state index is 0.0513. The molecule has 2 aliphatic rings. The fourth-order valence-corrected chi connectivity index (χ4v) is 4.67. The van der Waals surface area contributed by atoms with E-state index in [4.69, 9.17) is 4.98 Å². The molecule has 2 saturated heterocycles. The highest BCUT2D eigenvalue weighted by Gasteiger charge is 2.56.